The van der Waals surface area contributed by atoms with E-state index < -0.39 is 4.92 Å². The second-order valence-electron chi connectivity index (χ2n) is 5.66. The molecular weight excluding hydrogens is 356 g/mol. The molecule has 5 nitrogen and oxygen atoms in total. The third-order valence-corrected chi connectivity index (χ3v) is 5.10. The molecule has 1 aliphatic heterocycles. The maximum Gasteiger partial charge on any atom is 0.270 e. The van der Waals surface area contributed by atoms with Crippen LogP contribution in [0.3, 0.4) is 0 Å². The van der Waals surface area contributed by atoms with Gasteiger partial charge in [-0.1, -0.05) is 36.1 Å². The number of amides is 1. The van der Waals surface area contributed by atoms with Crippen molar-refractivity contribution in [2.24, 2.45) is 0 Å². The second kappa shape index (κ2) is 6.78. The van der Waals surface area contributed by atoms with Gasteiger partial charge >= 0.3 is 0 Å². The molecule has 7 heteroatoms. The minimum absolute atomic E-state index is 0.0140. The Bertz CT molecular complexity index is 920. The van der Waals surface area contributed by atoms with Crippen LogP contribution in [0.15, 0.2) is 47.4 Å². The van der Waals surface area contributed by atoms with Gasteiger partial charge in [-0.3, -0.25) is 19.8 Å². The quantitative estimate of drug-likeness (QED) is 0.341. The molecule has 25 heavy (non-hydrogen) atoms. The Kier molecular flexibility index (Phi) is 4.69. The summed E-state index contributed by atoms with van der Waals surface area (Å²) in [5.41, 5.74) is 3.54. The summed E-state index contributed by atoms with van der Waals surface area (Å²) in [6, 6.07) is 11.9. The van der Waals surface area contributed by atoms with Crippen molar-refractivity contribution in [3.8, 4) is 0 Å². The number of benzene rings is 2. The summed E-state index contributed by atoms with van der Waals surface area (Å²) in [5.74, 6) is -0.179. The van der Waals surface area contributed by atoms with E-state index in [1.807, 2.05) is 32.0 Å². The first-order valence-electron chi connectivity index (χ1n) is 7.46. The maximum absolute atomic E-state index is 12.8. The SMILES string of the molecule is Cc1ccc(C)c(N2C(=O)/C(=C/c3ccc([N+](=O)[O-])cc3)SC2=S)c1. The van der Waals surface area contributed by atoms with Crippen molar-refractivity contribution in [3.05, 3.63) is 74.2 Å². The number of carbonyl (C=O) groups is 1. The van der Waals surface area contributed by atoms with Crippen LogP contribution in [0, 0.1) is 24.0 Å². The number of anilines is 1. The van der Waals surface area contributed by atoms with Crippen molar-refractivity contribution < 1.29 is 9.72 Å². The Morgan fingerprint density at radius 2 is 1.84 bits per heavy atom. The zero-order chi connectivity index (χ0) is 18.1. The second-order valence-corrected chi connectivity index (χ2v) is 7.33. The van der Waals surface area contributed by atoms with Gasteiger partial charge in [-0.2, -0.15) is 0 Å². The predicted octanol–water partition coefficient (Wildman–Crippen LogP) is 4.62. The van der Waals surface area contributed by atoms with E-state index in [1.54, 1.807) is 23.1 Å². The number of aryl methyl sites for hydroxylation is 2. The number of nitro benzene ring substituents is 1. The van der Waals surface area contributed by atoms with Gasteiger partial charge in [0.2, 0.25) is 0 Å². The molecule has 3 rings (SSSR count). The number of nitro groups is 1. The Morgan fingerprint density at radius 3 is 2.48 bits per heavy atom. The van der Waals surface area contributed by atoms with E-state index in [0.29, 0.717) is 14.8 Å². The van der Waals surface area contributed by atoms with Crippen LogP contribution in [-0.2, 0) is 4.79 Å². The lowest BCUT2D eigenvalue weighted by Gasteiger charge is -2.17. The van der Waals surface area contributed by atoms with Gasteiger partial charge in [-0.15, -0.1) is 0 Å². The van der Waals surface area contributed by atoms with E-state index in [-0.39, 0.29) is 11.6 Å². The van der Waals surface area contributed by atoms with Crippen molar-refractivity contribution in [2.75, 3.05) is 4.90 Å². The monoisotopic (exact) mass is 370 g/mol. The van der Waals surface area contributed by atoms with Gasteiger partial charge in [-0.05, 0) is 54.8 Å². The largest absolute Gasteiger partial charge is 0.270 e. The Labute approximate surface area is 154 Å². The Balaban J connectivity index is 1.93. The summed E-state index contributed by atoms with van der Waals surface area (Å²) < 4.78 is 0.479. The number of carbonyl (C=O) groups excluding carboxylic acids is 1. The highest BCUT2D eigenvalue weighted by molar-refractivity contribution is 8.27. The first kappa shape index (κ1) is 17.3. The van der Waals surface area contributed by atoms with E-state index in [2.05, 4.69) is 0 Å². The number of nitrogens with zero attached hydrogens (tertiary/aromatic N) is 2. The first-order valence-corrected chi connectivity index (χ1v) is 8.69. The smallest absolute Gasteiger partial charge is 0.268 e. The van der Waals surface area contributed by atoms with Crippen molar-refractivity contribution in [2.45, 2.75) is 13.8 Å². The van der Waals surface area contributed by atoms with Gasteiger partial charge in [0.05, 0.1) is 15.5 Å². The van der Waals surface area contributed by atoms with Crippen LogP contribution in [-0.4, -0.2) is 15.2 Å². The molecule has 0 atom stereocenters. The van der Waals surface area contributed by atoms with E-state index in [4.69, 9.17) is 12.2 Å². The summed E-state index contributed by atoms with van der Waals surface area (Å²) >= 11 is 6.62. The molecule has 0 unspecified atom stereocenters. The molecule has 0 saturated carbocycles. The minimum Gasteiger partial charge on any atom is -0.268 e. The van der Waals surface area contributed by atoms with Gasteiger partial charge in [0.25, 0.3) is 11.6 Å². The number of non-ortho nitro benzene ring substituents is 1. The van der Waals surface area contributed by atoms with Crippen LogP contribution in [0.1, 0.15) is 16.7 Å². The minimum atomic E-state index is -0.455. The number of hydrogen-bond donors (Lipinski definition) is 0. The molecule has 1 fully saturated rings. The van der Waals surface area contributed by atoms with Crippen LogP contribution in [0.2, 0.25) is 0 Å². The van der Waals surface area contributed by atoms with Gasteiger partial charge in [0.15, 0.2) is 4.32 Å². The third-order valence-electron chi connectivity index (χ3n) is 3.80. The molecule has 0 radical (unpaired) electrons. The van der Waals surface area contributed by atoms with E-state index >= 15 is 0 Å². The fourth-order valence-corrected chi connectivity index (χ4v) is 3.76. The first-order chi connectivity index (χ1) is 11.9. The number of hydrogen-bond acceptors (Lipinski definition) is 5. The Hall–Kier alpha value is -2.51. The van der Waals surface area contributed by atoms with Gasteiger partial charge < -0.3 is 0 Å². The van der Waals surface area contributed by atoms with Crippen LogP contribution >= 0.6 is 24.0 Å². The summed E-state index contributed by atoms with van der Waals surface area (Å²) in [4.78, 5) is 25.1. The normalized spacial score (nSPS) is 15.9. The summed E-state index contributed by atoms with van der Waals surface area (Å²) in [6.07, 6.45) is 1.70. The highest BCUT2D eigenvalue weighted by Gasteiger charge is 2.34. The average Bonchev–Trinajstić information content (AvgIpc) is 2.84. The van der Waals surface area contributed by atoms with Crippen molar-refractivity contribution in [1.82, 2.24) is 0 Å². The lowest BCUT2D eigenvalue weighted by atomic mass is 10.1. The fourth-order valence-electron chi connectivity index (χ4n) is 2.48. The van der Waals surface area contributed by atoms with Crippen molar-refractivity contribution in [1.29, 1.82) is 0 Å². The predicted molar refractivity (Wildman–Crippen MR) is 105 cm³/mol. The molecule has 2 aromatic carbocycles. The van der Waals surface area contributed by atoms with Crippen LogP contribution < -0.4 is 4.90 Å². The number of thiocarbonyl (C=S) groups is 1. The molecule has 1 amide bonds. The summed E-state index contributed by atoms with van der Waals surface area (Å²) in [6.45, 7) is 3.90. The van der Waals surface area contributed by atoms with Crippen LogP contribution in [0.4, 0.5) is 11.4 Å². The summed E-state index contributed by atoms with van der Waals surface area (Å²) in [5, 5.41) is 10.7. The molecular formula is C18H14N2O3S2. The number of rotatable bonds is 3. The molecule has 0 N–H and O–H groups in total. The maximum atomic E-state index is 12.8. The number of thioether (sulfide) groups is 1. The van der Waals surface area contributed by atoms with E-state index in [1.165, 1.54) is 23.9 Å². The van der Waals surface area contributed by atoms with E-state index in [9.17, 15) is 14.9 Å². The molecule has 1 saturated heterocycles. The zero-order valence-corrected chi connectivity index (χ0v) is 15.2. The van der Waals surface area contributed by atoms with Gasteiger partial charge in [0, 0.05) is 12.1 Å². The van der Waals surface area contributed by atoms with E-state index in [0.717, 1.165) is 16.8 Å². The molecule has 0 spiro atoms. The molecule has 1 aliphatic rings. The molecule has 1 heterocycles. The summed E-state index contributed by atoms with van der Waals surface area (Å²) in [7, 11) is 0. The van der Waals surface area contributed by atoms with Crippen LogP contribution in [0.25, 0.3) is 6.08 Å². The third kappa shape index (κ3) is 3.47. The van der Waals surface area contributed by atoms with Crippen molar-refractivity contribution >= 4 is 51.7 Å². The lowest BCUT2D eigenvalue weighted by molar-refractivity contribution is -0.384. The van der Waals surface area contributed by atoms with Gasteiger partial charge in [0.1, 0.15) is 0 Å². The zero-order valence-electron chi connectivity index (χ0n) is 13.6. The Morgan fingerprint density at radius 1 is 1.16 bits per heavy atom. The highest BCUT2D eigenvalue weighted by Crippen LogP contribution is 2.37. The molecule has 126 valence electrons. The fraction of sp³-hybridized carbons (Fsp3) is 0.111. The standard InChI is InChI=1S/C18H14N2O3S2/c1-11-3-4-12(2)15(9-11)19-17(21)16(25-18(19)24)10-13-5-7-14(8-6-13)20(22)23/h3-10H,1-2H3/b16-10-. The van der Waals surface area contributed by atoms with Gasteiger partial charge in [-0.25, -0.2) is 0 Å². The van der Waals surface area contributed by atoms with Crippen molar-refractivity contribution in [3.63, 3.8) is 0 Å². The molecule has 0 aliphatic carbocycles. The highest BCUT2D eigenvalue weighted by atomic mass is 32.2. The average molecular weight is 370 g/mol. The van der Waals surface area contributed by atoms with Crippen LogP contribution in [0.5, 0.6) is 0 Å². The molecule has 0 aromatic heterocycles. The topological polar surface area (TPSA) is 63.5 Å². The molecule has 2 aromatic rings. The lowest BCUT2D eigenvalue weighted by Crippen LogP contribution is -2.28. The molecule has 0 bridgehead atoms.